The van der Waals surface area contributed by atoms with Crippen LogP contribution in [-0.2, 0) is 38.4 Å². The van der Waals surface area contributed by atoms with Gasteiger partial charge >= 0.3 is 5.97 Å². The van der Waals surface area contributed by atoms with E-state index in [1.165, 1.54) is 0 Å². The number of benzene rings is 3. The summed E-state index contributed by atoms with van der Waals surface area (Å²) in [6.45, 7) is 3.91. The number of carboxylic acid groups (broad SMARTS) is 1. The molecule has 0 aliphatic rings. The number of aromatic nitrogens is 1. The van der Waals surface area contributed by atoms with Crippen LogP contribution in [-0.4, -0.2) is 57.9 Å². The maximum Gasteiger partial charge on any atom is 0.326 e. The third-order valence-corrected chi connectivity index (χ3v) is 7.61. The maximum absolute atomic E-state index is 13.9. The van der Waals surface area contributed by atoms with Gasteiger partial charge in [-0.05, 0) is 35.1 Å². The molecule has 45 heavy (non-hydrogen) atoms. The van der Waals surface area contributed by atoms with Crippen molar-refractivity contribution in [2.45, 2.75) is 63.7 Å². The molecule has 4 unspecified atom stereocenters. The number of carboxylic acids is 1. The SMILES string of the molecule is CC(C)CC(N)C(=O)NC(Cc1ccccc1)C(=O)NC(Cc1c[nH]c2ccccc12)C(=O)NC(Cc1ccccc1)C(=O)O. The van der Waals surface area contributed by atoms with Crippen molar-refractivity contribution in [3.05, 3.63) is 108 Å². The summed E-state index contributed by atoms with van der Waals surface area (Å²) in [5.74, 6) is -2.73. The molecule has 4 rings (SSSR count). The molecule has 1 heterocycles. The third-order valence-electron chi connectivity index (χ3n) is 7.61. The Hall–Kier alpha value is -4.96. The van der Waals surface area contributed by atoms with Gasteiger partial charge in [0, 0.05) is 36.4 Å². The minimum Gasteiger partial charge on any atom is -0.480 e. The van der Waals surface area contributed by atoms with Gasteiger partial charge in [-0.15, -0.1) is 0 Å². The quantitative estimate of drug-likeness (QED) is 0.121. The molecule has 3 aromatic carbocycles. The second kappa shape index (κ2) is 15.7. The molecule has 236 valence electrons. The average molecular weight is 612 g/mol. The van der Waals surface area contributed by atoms with Gasteiger partial charge in [0.2, 0.25) is 17.7 Å². The number of nitrogens with one attached hydrogen (secondary N) is 4. The number of hydrogen-bond acceptors (Lipinski definition) is 5. The Bertz CT molecular complexity index is 1590. The summed E-state index contributed by atoms with van der Waals surface area (Å²) in [6.07, 6.45) is 2.52. The first kappa shape index (κ1) is 32.9. The van der Waals surface area contributed by atoms with Crippen molar-refractivity contribution in [2.24, 2.45) is 11.7 Å². The second-order valence-electron chi connectivity index (χ2n) is 11.7. The largest absolute Gasteiger partial charge is 0.480 e. The second-order valence-corrected chi connectivity index (χ2v) is 11.7. The molecule has 4 atom stereocenters. The first-order chi connectivity index (χ1) is 21.6. The lowest BCUT2D eigenvalue weighted by molar-refractivity contribution is -0.142. The Kier molecular flexibility index (Phi) is 11.5. The number of H-pyrrole nitrogens is 1. The average Bonchev–Trinajstić information content (AvgIpc) is 3.43. The minimum atomic E-state index is -1.23. The highest BCUT2D eigenvalue weighted by molar-refractivity contribution is 5.95. The van der Waals surface area contributed by atoms with Crippen LogP contribution in [0.25, 0.3) is 10.9 Å². The predicted octanol–water partition coefficient (Wildman–Crippen LogP) is 3.11. The fourth-order valence-corrected chi connectivity index (χ4v) is 5.28. The van der Waals surface area contributed by atoms with Gasteiger partial charge in [0.1, 0.15) is 18.1 Å². The van der Waals surface area contributed by atoms with Gasteiger partial charge < -0.3 is 31.8 Å². The van der Waals surface area contributed by atoms with Gasteiger partial charge in [-0.25, -0.2) is 4.79 Å². The van der Waals surface area contributed by atoms with E-state index in [1.807, 2.05) is 74.5 Å². The Morgan fingerprint density at radius 3 is 1.76 bits per heavy atom. The number of carbonyl (C=O) groups is 4. The fourth-order valence-electron chi connectivity index (χ4n) is 5.28. The summed E-state index contributed by atoms with van der Waals surface area (Å²) < 4.78 is 0. The normalized spacial score (nSPS) is 13.9. The van der Waals surface area contributed by atoms with E-state index in [1.54, 1.807) is 30.5 Å². The Balaban J connectivity index is 1.60. The topological polar surface area (TPSA) is 166 Å². The Morgan fingerprint density at radius 1 is 0.689 bits per heavy atom. The highest BCUT2D eigenvalue weighted by Gasteiger charge is 2.31. The number of aromatic amines is 1. The molecule has 10 heteroatoms. The summed E-state index contributed by atoms with van der Waals surface area (Å²) in [6, 6.07) is 21.6. The van der Waals surface area contributed by atoms with Gasteiger partial charge in [0.05, 0.1) is 6.04 Å². The fraction of sp³-hybridized carbons (Fsp3) is 0.314. The van der Waals surface area contributed by atoms with Crippen LogP contribution in [0.15, 0.2) is 91.1 Å². The standard InChI is InChI=1S/C35H41N5O5/c1-22(2)17-27(36)32(41)38-29(18-23-11-5-3-6-12-23)33(42)39-30(20-25-21-37-28-16-10-9-15-26(25)28)34(43)40-31(35(44)45)19-24-13-7-4-8-14-24/h3-16,21-22,27,29-31,37H,17-20,36H2,1-2H3,(H,38,41)(H,39,42)(H,40,43)(H,44,45). The first-order valence-corrected chi connectivity index (χ1v) is 15.1. The smallest absolute Gasteiger partial charge is 0.326 e. The van der Waals surface area contributed by atoms with E-state index in [9.17, 15) is 24.3 Å². The summed E-state index contributed by atoms with van der Waals surface area (Å²) in [7, 11) is 0. The zero-order valence-electron chi connectivity index (χ0n) is 25.5. The lowest BCUT2D eigenvalue weighted by Gasteiger charge is -2.26. The van der Waals surface area contributed by atoms with Crippen molar-refractivity contribution >= 4 is 34.6 Å². The van der Waals surface area contributed by atoms with Gasteiger partial charge in [-0.1, -0.05) is 92.7 Å². The van der Waals surface area contributed by atoms with E-state index in [-0.39, 0.29) is 25.2 Å². The van der Waals surface area contributed by atoms with Crippen LogP contribution in [0.5, 0.6) is 0 Å². The highest BCUT2D eigenvalue weighted by atomic mass is 16.4. The van der Waals surface area contributed by atoms with E-state index >= 15 is 0 Å². The third kappa shape index (κ3) is 9.51. The molecule has 0 saturated carbocycles. The molecule has 0 saturated heterocycles. The molecule has 0 fully saturated rings. The predicted molar refractivity (Wildman–Crippen MR) is 173 cm³/mol. The number of rotatable bonds is 15. The van der Waals surface area contributed by atoms with Crippen LogP contribution in [0.1, 0.15) is 37.0 Å². The molecule has 1 aromatic heterocycles. The molecule has 0 aliphatic carbocycles. The molecule has 7 N–H and O–H groups in total. The molecule has 0 aliphatic heterocycles. The molecule has 3 amide bonds. The van der Waals surface area contributed by atoms with Crippen LogP contribution < -0.4 is 21.7 Å². The molecule has 0 radical (unpaired) electrons. The van der Waals surface area contributed by atoms with Crippen molar-refractivity contribution in [3.63, 3.8) is 0 Å². The molecule has 0 bridgehead atoms. The van der Waals surface area contributed by atoms with Crippen molar-refractivity contribution < 1.29 is 24.3 Å². The Morgan fingerprint density at radius 2 is 1.18 bits per heavy atom. The molecular formula is C35H41N5O5. The molecule has 4 aromatic rings. The minimum absolute atomic E-state index is 0.0656. The van der Waals surface area contributed by atoms with Gasteiger partial charge in [0.25, 0.3) is 0 Å². The van der Waals surface area contributed by atoms with Crippen molar-refractivity contribution in [3.8, 4) is 0 Å². The zero-order valence-corrected chi connectivity index (χ0v) is 25.5. The van der Waals surface area contributed by atoms with E-state index in [0.717, 1.165) is 27.6 Å². The Labute approximate surface area is 262 Å². The number of aliphatic carboxylic acids is 1. The van der Waals surface area contributed by atoms with E-state index < -0.39 is 47.9 Å². The van der Waals surface area contributed by atoms with E-state index in [4.69, 9.17) is 5.73 Å². The molecule has 10 nitrogen and oxygen atoms in total. The van der Waals surface area contributed by atoms with Crippen molar-refractivity contribution in [1.82, 2.24) is 20.9 Å². The highest BCUT2D eigenvalue weighted by Crippen LogP contribution is 2.20. The van der Waals surface area contributed by atoms with E-state index in [2.05, 4.69) is 20.9 Å². The summed E-state index contributed by atoms with van der Waals surface area (Å²) in [5.41, 5.74) is 9.31. The van der Waals surface area contributed by atoms with Crippen LogP contribution >= 0.6 is 0 Å². The number of nitrogens with two attached hydrogens (primary N) is 1. The van der Waals surface area contributed by atoms with Gasteiger partial charge in [0.15, 0.2) is 0 Å². The van der Waals surface area contributed by atoms with Crippen LogP contribution in [0.3, 0.4) is 0 Å². The van der Waals surface area contributed by atoms with Gasteiger partial charge in [-0.2, -0.15) is 0 Å². The van der Waals surface area contributed by atoms with Crippen molar-refractivity contribution in [2.75, 3.05) is 0 Å². The van der Waals surface area contributed by atoms with E-state index in [0.29, 0.717) is 6.42 Å². The van der Waals surface area contributed by atoms with Gasteiger partial charge in [-0.3, -0.25) is 14.4 Å². The first-order valence-electron chi connectivity index (χ1n) is 15.1. The summed E-state index contributed by atoms with van der Waals surface area (Å²) in [5, 5.41) is 19.1. The van der Waals surface area contributed by atoms with Crippen LogP contribution in [0.2, 0.25) is 0 Å². The zero-order chi connectivity index (χ0) is 32.3. The number of fused-ring (bicyclic) bond motifs is 1. The van der Waals surface area contributed by atoms with Crippen LogP contribution in [0.4, 0.5) is 0 Å². The monoisotopic (exact) mass is 611 g/mol. The number of hydrogen-bond donors (Lipinski definition) is 6. The number of carbonyl (C=O) groups excluding carboxylic acids is 3. The number of amides is 3. The maximum atomic E-state index is 13.9. The lowest BCUT2D eigenvalue weighted by atomic mass is 10.00. The summed E-state index contributed by atoms with van der Waals surface area (Å²) in [4.78, 5) is 56.0. The van der Waals surface area contributed by atoms with Crippen molar-refractivity contribution in [1.29, 1.82) is 0 Å². The molecular weight excluding hydrogens is 570 g/mol. The van der Waals surface area contributed by atoms with Crippen LogP contribution in [0, 0.1) is 5.92 Å². The lowest BCUT2D eigenvalue weighted by Crippen LogP contribution is -2.58. The molecule has 0 spiro atoms. The number of para-hydroxylation sites is 1. The summed E-state index contributed by atoms with van der Waals surface area (Å²) >= 11 is 0.